The molecule has 0 atom stereocenters. The molecule has 0 bridgehead atoms. The molecule has 16 heavy (non-hydrogen) atoms. The van der Waals surface area contributed by atoms with E-state index in [-0.39, 0.29) is 0 Å². The maximum atomic E-state index is 9.19. The molecule has 0 fully saturated rings. The van der Waals surface area contributed by atoms with Crippen LogP contribution in [0.3, 0.4) is 0 Å². The number of hydrogen-bond acceptors (Lipinski definition) is 4. The van der Waals surface area contributed by atoms with Crippen molar-refractivity contribution in [3.8, 4) is 0 Å². The molecule has 0 amide bonds. The molecule has 0 unspecified atom stereocenters. The molecule has 0 aromatic carbocycles. The first-order valence-corrected chi connectivity index (χ1v) is 6.72. The van der Waals surface area contributed by atoms with Crippen LogP contribution in [0.15, 0.2) is 18.3 Å². The van der Waals surface area contributed by atoms with E-state index < -0.39 is 10.1 Å². The van der Waals surface area contributed by atoms with Gasteiger partial charge in [-0.2, -0.15) is 8.42 Å². The third kappa shape index (κ3) is 9.70. The summed E-state index contributed by atoms with van der Waals surface area (Å²) < 4.78 is 25.9. The van der Waals surface area contributed by atoms with Crippen molar-refractivity contribution in [2.45, 2.75) is 19.9 Å². The Labute approximate surface area is 101 Å². The van der Waals surface area contributed by atoms with Crippen molar-refractivity contribution in [2.24, 2.45) is 0 Å². The van der Waals surface area contributed by atoms with E-state index in [0.717, 1.165) is 5.69 Å². The lowest BCUT2D eigenvalue weighted by Gasteiger charge is -2.09. The largest absolute Gasteiger partial charge is 0.380 e. The van der Waals surface area contributed by atoms with Gasteiger partial charge in [-0.15, -0.1) is 0 Å². The Balaban J connectivity index is 0.000000385. The predicted molar refractivity (Wildman–Crippen MR) is 65.5 cm³/mol. The third-order valence-corrected chi connectivity index (χ3v) is 1.50. The molecular weight excluding hydrogens is 252 g/mol. The summed E-state index contributed by atoms with van der Waals surface area (Å²) in [7, 11) is -3.67. The lowest BCUT2D eigenvalue weighted by molar-refractivity contribution is 0.490. The normalized spacial score (nSPS) is 10.6. The zero-order chi connectivity index (χ0) is 12.8. The van der Waals surface area contributed by atoms with Crippen LogP contribution < -0.4 is 5.32 Å². The van der Waals surface area contributed by atoms with Gasteiger partial charge in [-0.25, -0.2) is 4.98 Å². The summed E-state index contributed by atoms with van der Waals surface area (Å²) in [5, 5.41) is 3.71. The van der Waals surface area contributed by atoms with Gasteiger partial charge < -0.3 is 5.32 Å². The minimum absolute atomic E-state index is 0.386. The molecule has 0 saturated heterocycles. The number of rotatable bonds is 2. The van der Waals surface area contributed by atoms with Gasteiger partial charge in [0, 0.05) is 12.2 Å². The second kappa shape index (κ2) is 6.67. The molecule has 0 saturated carbocycles. The first-order chi connectivity index (χ1) is 7.20. The van der Waals surface area contributed by atoms with E-state index >= 15 is 0 Å². The molecule has 0 aliphatic rings. The SMILES string of the molecule is CC(C)Nc1cccnc1Cl.CS(=O)(=O)O. The Morgan fingerprint density at radius 3 is 2.38 bits per heavy atom. The van der Waals surface area contributed by atoms with E-state index in [4.69, 9.17) is 16.2 Å². The molecule has 0 radical (unpaired) electrons. The molecule has 1 aromatic heterocycles. The fourth-order valence-corrected chi connectivity index (χ4v) is 0.979. The van der Waals surface area contributed by atoms with E-state index in [0.29, 0.717) is 17.5 Å². The smallest absolute Gasteiger partial charge is 0.261 e. The molecule has 0 spiro atoms. The van der Waals surface area contributed by atoms with Crippen molar-refractivity contribution in [1.82, 2.24) is 4.98 Å². The second-order valence-corrected chi connectivity index (χ2v) is 5.20. The lowest BCUT2D eigenvalue weighted by atomic mass is 10.3. The first-order valence-electron chi connectivity index (χ1n) is 4.49. The Hall–Kier alpha value is -0.850. The molecule has 2 N–H and O–H groups in total. The fourth-order valence-electron chi connectivity index (χ4n) is 0.805. The predicted octanol–water partition coefficient (Wildman–Crippen LogP) is 2.06. The van der Waals surface area contributed by atoms with Gasteiger partial charge in [-0.1, -0.05) is 11.6 Å². The van der Waals surface area contributed by atoms with Gasteiger partial charge in [0.05, 0.1) is 11.9 Å². The molecule has 1 aromatic rings. The van der Waals surface area contributed by atoms with Crippen LogP contribution in [0, 0.1) is 0 Å². The molecule has 1 rings (SSSR count). The fraction of sp³-hybridized carbons (Fsp3) is 0.444. The van der Waals surface area contributed by atoms with Crippen LogP contribution in [-0.4, -0.2) is 30.3 Å². The van der Waals surface area contributed by atoms with E-state index in [1.807, 2.05) is 12.1 Å². The third-order valence-electron chi connectivity index (χ3n) is 1.20. The molecule has 92 valence electrons. The molecular formula is C9H15ClN2O3S. The van der Waals surface area contributed by atoms with Gasteiger partial charge in [0.1, 0.15) is 0 Å². The molecule has 5 nitrogen and oxygen atoms in total. The highest BCUT2D eigenvalue weighted by Gasteiger charge is 1.99. The Morgan fingerprint density at radius 1 is 1.50 bits per heavy atom. The minimum atomic E-state index is -3.67. The lowest BCUT2D eigenvalue weighted by Crippen LogP contribution is -2.10. The monoisotopic (exact) mass is 266 g/mol. The first kappa shape index (κ1) is 15.2. The van der Waals surface area contributed by atoms with Crippen molar-refractivity contribution in [1.29, 1.82) is 0 Å². The number of pyridine rings is 1. The number of halogens is 1. The summed E-state index contributed by atoms with van der Waals surface area (Å²) in [5.41, 5.74) is 0.893. The zero-order valence-electron chi connectivity index (χ0n) is 9.31. The summed E-state index contributed by atoms with van der Waals surface area (Å²) in [6.07, 6.45) is 2.39. The van der Waals surface area contributed by atoms with Gasteiger partial charge >= 0.3 is 0 Å². The number of nitrogens with zero attached hydrogens (tertiary/aromatic N) is 1. The number of hydrogen-bond donors (Lipinski definition) is 2. The Kier molecular flexibility index (Phi) is 6.32. The number of nitrogens with one attached hydrogen (secondary N) is 1. The summed E-state index contributed by atoms with van der Waals surface area (Å²) in [6, 6.07) is 4.16. The second-order valence-electron chi connectivity index (χ2n) is 3.37. The summed E-state index contributed by atoms with van der Waals surface area (Å²) in [4.78, 5) is 3.94. The average molecular weight is 267 g/mol. The van der Waals surface area contributed by atoms with E-state index in [2.05, 4.69) is 24.1 Å². The zero-order valence-corrected chi connectivity index (χ0v) is 10.9. The van der Waals surface area contributed by atoms with Gasteiger partial charge in [0.15, 0.2) is 5.15 Å². The van der Waals surface area contributed by atoms with E-state index in [1.165, 1.54) is 0 Å². The summed E-state index contributed by atoms with van der Waals surface area (Å²) in [5.74, 6) is 0. The van der Waals surface area contributed by atoms with Crippen molar-refractivity contribution in [2.75, 3.05) is 11.6 Å². The summed E-state index contributed by atoms with van der Waals surface area (Å²) >= 11 is 5.79. The molecule has 1 heterocycles. The summed E-state index contributed by atoms with van der Waals surface area (Å²) in [6.45, 7) is 4.12. The van der Waals surface area contributed by atoms with Gasteiger partial charge in [0.25, 0.3) is 10.1 Å². The number of aromatic nitrogens is 1. The Bertz CT molecular complexity index is 413. The van der Waals surface area contributed by atoms with Crippen LogP contribution in [0.25, 0.3) is 0 Å². The molecule has 7 heteroatoms. The maximum absolute atomic E-state index is 9.19. The standard InChI is InChI=1S/C8H11ClN2.CH4O3S/c1-6(2)11-7-4-3-5-10-8(7)9;1-5(2,3)4/h3-6,11H,1-2H3;1H3,(H,2,3,4). The van der Waals surface area contributed by atoms with Gasteiger partial charge in [-0.3, -0.25) is 4.55 Å². The van der Waals surface area contributed by atoms with E-state index in [1.54, 1.807) is 6.20 Å². The van der Waals surface area contributed by atoms with Crippen LogP contribution in [0.2, 0.25) is 5.15 Å². The maximum Gasteiger partial charge on any atom is 0.261 e. The highest BCUT2D eigenvalue weighted by Crippen LogP contribution is 2.17. The van der Waals surface area contributed by atoms with Crippen molar-refractivity contribution in [3.05, 3.63) is 23.5 Å². The van der Waals surface area contributed by atoms with Gasteiger partial charge in [0.2, 0.25) is 0 Å². The van der Waals surface area contributed by atoms with Crippen molar-refractivity contribution >= 4 is 27.4 Å². The average Bonchev–Trinajstić information content (AvgIpc) is 2.05. The topological polar surface area (TPSA) is 79.3 Å². The number of anilines is 1. The van der Waals surface area contributed by atoms with Crippen LogP contribution in [0.1, 0.15) is 13.8 Å². The van der Waals surface area contributed by atoms with Crippen LogP contribution in [-0.2, 0) is 10.1 Å². The quantitative estimate of drug-likeness (QED) is 0.633. The van der Waals surface area contributed by atoms with Crippen LogP contribution >= 0.6 is 11.6 Å². The van der Waals surface area contributed by atoms with E-state index in [9.17, 15) is 8.42 Å². The molecule has 0 aliphatic carbocycles. The van der Waals surface area contributed by atoms with Crippen LogP contribution in [0.5, 0.6) is 0 Å². The van der Waals surface area contributed by atoms with Gasteiger partial charge in [-0.05, 0) is 26.0 Å². The van der Waals surface area contributed by atoms with Crippen LogP contribution in [0.4, 0.5) is 5.69 Å². The van der Waals surface area contributed by atoms with Crippen molar-refractivity contribution in [3.63, 3.8) is 0 Å². The van der Waals surface area contributed by atoms with Crippen molar-refractivity contribution < 1.29 is 13.0 Å². The highest BCUT2D eigenvalue weighted by molar-refractivity contribution is 7.85. The Morgan fingerprint density at radius 2 is 2.00 bits per heavy atom. The minimum Gasteiger partial charge on any atom is -0.380 e. The molecule has 0 aliphatic heterocycles. The highest BCUT2D eigenvalue weighted by atomic mass is 35.5.